The van der Waals surface area contributed by atoms with Crippen LogP contribution in [0.25, 0.3) is 10.9 Å². The van der Waals surface area contributed by atoms with E-state index in [-0.39, 0.29) is 5.02 Å². The zero-order valence-corrected chi connectivity index (χ0v) is 19.0. The molecule has 0 aliphatic carbocycles. The van der Waals surface area contributed by atoms with Crippen LogP contribution in [-0.2, 0) is 6.54 Å². The molecule has 4 rings (SSSR count). The number of halogens is 3. The summed E-state index contributed by atoms with van der Waals surface area (Å²) in [6.45, 7) is 0.484. The van der Waals surface area contributed by atoms with Gasteiger partial charge in [-0.1, -0.05) is 35.0 Å². The Morgan fingerprint density at radius 2 is 1.78 bits per heavy atom. The molecule has 0 atom stereocenters. The number of rotatable bonds is 6. The van der Waals surface area contributed by atoms with Gasteiger partial charge in [-0.05, 0) is 36.6 Å². The van der Waals surface area contributed by atoms with Crippen LogP contribution < -0.4 is 10.6 Å². The largest absolute Gasteiger partial charge is 0.381 e. The second-order valence-electron chi connectivity index (χ2n) is 6.70. The molecule has 2 heterocycles. The van der Waals surface area contributed by atoms with E-state index < -0.39 is 5.82 Å². The van der Waals surface area contributed by atoms with Crippen LogP contribution in [0.15, 0.2) is 54.1 Å². The average molecular weight is 485 g/mol. The van der Waals surface area contributed by atoms with Crippen LogP contribution in [0.2, 0.25) is 10.0 Å². The molecule has 0 spiro atoms. The van der Waals surface area contributed by atoms with E-state index in [1.54, 1.807) is 18.5 Å². The molecule has 10 heteroatoms. The van der Waals surface area contributed by atoms with Gasteiger partial charge in [0, 0.05) is 47.5 Å². The number of anilines is 3. The minimum atomic E-state index is -0.526. The molecule has 0 fully saturated rings. The van der Waals surface area contributed by atoms with E-state index in [1.165, 1.54) is 36.2 Å². The number of fused-ring (bicyclic) bond motifs is 1. The van der Waals surface area contributed by atoms with Crippen LogP contribution in [-0.4, -0.2) is 21.2 Å². The summed E-state index contributed by atoms with van der Waals surface area (Å²) in [7, 11) is 0. The van der Waals surface area contributed by atoms with Crippen molar-refractivity contribution in [2.75, 3.05) is 16.9 Å². The third-order valence-corrected chi connectivity index (χ3v) is 5.75. The zero-order chi connectivity index (χ0) is 22.7. The molecule has 0 radical (unpaired) electrons. The lowest BCUT2D eigenvalue weighted by atomic mass is 10.1. The Hall–Kier alpha value is -3.12. The molecule has 160 valence electrons. The lowest BCUT2D eigenvalue weighted by Crippen LogP contribution is -2.02. The fraction of sp³-hybridized carbons (Fsp3) is 0.0909. The van der Waals surface area contributed by atoms with Crippen molar-refractivity contribution in [3.63, 3.8) is 0 Å². The zero-order valence-electron chi connectivity index (χ0n) is 16.7. The van der Waals surface area contributed by atoms with Crippen LogP contribution in [0, 0.1) is 17.1 Å². The Morgan fingerprint density at radius 3 is 2.47 bits per heavy atom. The topological polar surface area (TPSA) is 86.5 Å². The van der Waals surface area contributed by atoms with Crippen LogP contribution >= 0.6 is 35.0 Å². The molecule has 0 unspecified atom stereocenters. The summed E-state index contributed by atoms with van der Waals surface area (Å²) in [5.74, 6) is -0.526. The lowest BCUT2D eigenvalue weighted by molar-refractivity contribution is 0.628. The number of benzene rings is 2. The smallest absolute Gasteiger partial charge is 0.187 e. The molecular weight excluding hydrogens is 470 g/mol. The number of hydrogen-bond donors (Lipinski definition) is 2. The molecule has 0 saturated heterocycles. The highest BCUT2D eigenvalue weighted by Crippen LogP contribution is 2.35. The number of hydrogen-bond acceptors (Lipinski definition) is 7. The first-order valence-corrected chi connectivity index (χ1v) is 11.3. The summed E-state index contributed by atoms with van der Waals surface area (Å²) in [6.07, 6.45) is 6.88. The molecule has 0 bridgehead atoms. The van der Waals surface area contributed by atoms with E-state index in [9.17, 15) is 9.65 Å². The number of pyridine rings is 1. The summed E-state index contributed by atoms with van der Waals surface area (Å²) < 4.78 is 13.6. The lowest BCUT2D eigenvalue weighted by Gasteiger charge is -2.15. The van der Waals surface area contributed by atoms with Gasteiger partial charge in [-0.2, -0.15) is 5.26 Å². The maximum atomic E-state index is 13.6. The predicted octanol–water partition coefficient (Wildman–Crippen LogP) is 6.42. The number of aromatic nitrogens is 3. The summed E-state index contributed by atoms with van der Waals surface area (Å²) in [5, 5.41) is 17.8. The molecule has 0 saturated carbocycles. The van der Waals surface area contributed by atoms with Crippen molar-refractivity contribution in [2.45, 2.75) is 11.7 Å². The van der Waals surface area contributed by atoms with Gasteiger partial charge in [-0.15, -0.1) is 0 Å². The highest BCUT2D eigenvalue weighted by atomic mass is 35.5. The molecule has 32 heavy (non-hydrogen) atoms. The summed E-state index contributed by atoms with van der Waals surface area (Å²) >= 11 is 13.9. The molecule has 4 aromatic rings. The van der Waals surface area contributed by atoms with Crippen molar-refractivity contribution < 1.29 is 4.39 Å². The third kappa shape index (κ3) is 4.70. The van der Waals surface area contributed by atoms with Crippen molar-refractivity contribution in [3.05, 3.63) is 75.9 Å². The standard InChI is InChI=1S/C22H15Cl2FN6S/c1-32-22-29-9-12(10-30-22)8-27-15-4-16-20(31-14-2-3-19(25)17(23)5-14)13(7-26)11-28-21(16)18(24)6-15/h2-6,9-11,27H,8H2,1H3,(H,28,31). The Kier molecular flexibility index (Phi) is 6.61. The van der Waals surface area contributed by atoms with E-state index in [4.69, 9.17) is 23.2 Å². The van der Waals surface area contributed by atoms with Crippen LogP contribution in [0.1, 0.15) is 11.1 Å². The number of nitriles is 1. The average Bonchev–Trinajstić information content (AvgIpc) is 2.81. The Labute approximate surface area is 197 Å². The van der Waals surface area contributed by atoms with Gasteiger partial charge < -0.3 is 10.6 Å². The van der Waals surface area contributed by atoms with Gasteiger partial charge in [0.25, 0.3) is 0 Å². The van der Waals surface area contributed by atoms with Crippen molar-refractivity contribution in [1.82, 2.24) is 15.0 Å². The quantitative estimate of drug-likeness (QED) is 0.241. The van der Waals surface area contributed by atoms with Crippen molar-refractivity contribution in [3.8, 4) is 6.07 Å². The second kappa shape index (κ2) is 9.57. The summed E-state index contributed by atoms with van der Waals surface area (Å²) in [4.78, 5) is 12.9. The Bertz CT molecular complexity index is 1340. The highest BCUT2D eigenvalue weighted by Gasteiger charge is 2.14. The van der Waals surface area contributed by atoms with Gasteiger partial charge in [-0.25, -0.2) is 14.4 Å². The minimum absolute atomic E-state index is 0.0260. The van der Waals surface area contributed by atoms with Gasteiger partial charge in [-0.3, -0.25) is 4.98 Å². The number of thioether (sulfide) groups is 1. The normalized spacial score (nSPS) is 10.7. The Morgan fingerprint density at radius 1 is 1.03 bits per heavy atom. The molecule has 0 amide bonds. The molecule has 2 aromatic heterocycles. The summed E-state index contributed by atoms with van der Waals surface area (Å²) in [5.41, 5.74) is 3.50. The first kappa shape index (κ1) is 22.1. The van der Waals surface area contributed by atoms with E-state index in [0.29, 0.717) is 44.6 Å². The van der Waals surface area contributed by atoms with E-state index >= 15 is 0 Å². The highest BCUT2D eigenvalue weighted by molar-refractivity contribution is 7.98. The van der Waals surface area contributed by atoms with Crippen molar-refractivity contribution in [2.24, 2.45) is 0 Å². The summed E-state index contributed by atoms with van der Waals surface area (Å²) in [6, 6.07) is 9.98. The predicted molar refractivity (Wildman–Crippen MR) is 127 cm³/mol. The maximum absolute atomic E-state index is 13.6. The molecule has 0 aliphatic rings. The molecule has 2 N–H and O–H groups in total. The fourth-order valence-electron chi connectivity index (χ4n) is 3.04. The van der Waals surface area contributed by atoms with Gasteiger partial charge in [0.15, 0.2) is 5.16 Å². The third-order valence-electron chi connectivity index (χ3n) is 4.60. The van der Waals surface area contributed by atoms with E-state index in [0.717, 1.165) is 11.3 Å². The van der Waals surface area contributed by atoms with Crippen molar-refractivity contribution >= 4 is 62.9 Å². The van der Waals surface area contributed by atoms with Gasteiger partial charge in [0.1, 0.15) is 11.9 Å². The fourth-order valence-corrected chi connectivity index (χ4v) is 3.81. The Balaban J connectivity index is 1.70. The van der Waals surface area contributed by atoms with Crippen LogP contribution in [0.3, 0.4) is 0 Å². The van der Waals surface area contributed by atoms with Crippen LogP contribution in [0.5, 0.6) is 0 Å². The van der Waals surface area contributed by atoms with E-state index in [2.05, 4.69) is 31.7 Å². The van der Waals surface area contributed by atoms with Crippen LogP contribution in [0.4, 0.5) is 21.5 Å². The SMILES string of the molecule is CSc1ncc(CNc2cc(Cl)c3ncc(C#N)c(Nc4ccc(F)c(Cl)c4)c3c2)cn1. The molecule has 2 aromatic carbocycles. The number of nitrogens with zero attached hydrogens (tertiary/aromatic N) is 4. The second-order valence-corrected chi connectivity index (χ2v) is 8.29. The van der Waals surface area contributed by atoms with Gasteiger partial charge >= 0.3 is 0 Å². The first-order chi connectivity index (χ1) is 15.5. The van der Waals surface area contributed by atoms with Gasteiger partial charge in [0.05, 0.1) is 26.8 Å². The van der Waals surface area contributed by atoms with Gasteiger partial charge in [0.2, 0.25) is 0 Å². The maximum Gasteiger partial charge on any atom is 0.187 e. The minimum Gasteiger partial charge on any atom is -0.381 e. The van der Waals surface area contributed by atoms with Crippen molar-refractivity contribution in [1.29, 1.82) is 5.26 Å². The molecular formula is C22H15Cl2FN6S. The molecule has 0 aliphatic heterocycles. The number of nitrogens with one attached hydrogen (secondary N) is 2. The first-order valence-electron chi connectivity index (χ1n) is 9.31. The van der Waals surface area contributed by atoms with E-state index in [1.807, 2.05) is 12.3 Å². The molecule has 6 nitrogen and oxygen atoms in total. The monoisotopic (exact) mass is 484 g/mol.